The Morgan fingerprint density at radius 2 is 1.89 bits per heavy atom. The number of H-pyrrole nitrogens is 1. The van der Waals surface area contributed by atoms with Crippen LogP contribution in [-0.4, -0.2) is 46.0 Å². The number of hydrogen-bond donors (Lipinski definition) is 2. The van der Waals surface area contributed by atoms with E-state index in [0.717, 1.165) is 22.5 Å². The van der Waals surface area contributed by atoms with Crippen LogP contribution in [0.5, 0.6) is 0 Å². The zero-order chi connectivity index (χ0) is 19.6. The first kappa shape index (κ1) is 19.1. The van der Waals surface area contributed by atoms with Gasteiger partial charge in [-0.2, -0.15) is 5.10 Å². The molecule has 0 aliphatic carbocycles. The van der Waals surface area contributed by atoms with E-state index in [9.17, 15) is 9.59 Å². The first-order chi connectivity index (χ1) is 12.8. The van der Waals surface area contributed by atoms with Crippen LogP contribution in [0.3, 0.4) is 0 Å². The van der Waals surface area contributed by atoms with Crippen molar-refractivity contribution >= 4 is 11.8 Å². The molecule has 1 aromatic heterocycles. The highest BCUT2D eigenvalue weighted by Gasteiger charge is 2.36. The highest BCUT2D eigenvalue weighted by atomic mass is 16.2. The van der Waals surface area contributed by atoms with E-state index < -0.39 is 0 Å². The maximum atomic E-state index is 12.8. The lowest BCUT2D eigenvalue weighted by atomic mass is 9.93. The molecule has 0 bridgehead atoms. The molecule has 0 unspecified atom stereocenters. The summed E-state index contributed by atoms with van der Waals surface area (Å²) in [5.74, 6) is 0.187. The molecule has 27 heavy (non-hydrogen) atoms. The molecule has 3 rings (SSSR count). The fraction of sp³-hybridized carbons (Fsp3) is 0.476. The summed E-state index contributed by atoms with van der Waals surface area (Å²) in [4.78, 5) is 26.3. The Labute approximate surface area is 160 Å². The van der Waals surface area contributed by atoms with E-state index in [-0.39, 0.29) is 23.8 Å². The van der Waals surface area contributed by atoms with Crippen LogP contribution in [0.2, 0.25) is 0 Å². The van der Waals surface area contributed by atoms with Crippen molar-refractivity contribution in [3.63, 3.8) is 0 Å². The monoisotopic (exact) mass is 368 g/mol. The summed E-state index contributed by atoms with van der Waals surface area (Å²) in [6.45, 7) is 8.71. The third-order valence-corrected chi connectivity index (χ3v) is 5.44. The van der Waals surface area contributed by atoms with Gasteiger partial charge in [0, 0.05) is 38.0 Å². The molecule has 1 aromatic carbocycles. The van der Waals surface area contributed by atoms with Gasteiger partial charge in [0.25, 0.3) is 0 Å². The molecule has 2 atom stereocenters. The Bertz CT molecular complexity index is 806. The molecule has 0 spiro atoms. The van der Waals surface area contributed by atoms with E-state index in [1.807, 2.05) is 18.7 Å². The summed E-state index contributed by atoms with van der Waals surface area (Å²) in [5.41, 5.74) is 5.46. The molecule has 2 heterocycles. The van der Waals surface area contributed by atoms with Gasteiger partial charge >= 0.3 is 0 Å². The Morgan fingerprint density at radius 1 is 1.19 bits per heavy atom. The second-order valence-electron chi connectivity index (χ2n) is 7.54. The first-order valence-electron chi connectivity index (χ1n) is 9.47. The van der Waals surface area contributed by atoms with Gasteiger partial charge in [-0.3, -0.25) is 14.7 Å². The topological polar surface area (TPSA) is 78.1 Å². The summed E-state index contributed by atoms with van der Waals surface area (Å²) in [5, 5.41) is 10.2. The van der Waals surface area contributed by atoms with E-state index in [2.05, 4.69) is 46.7 Å². The van der Waals surface area contributed by atoms with Crippen molar-refractivity contribution in [3.05, 3.63) is 52.3 Å². The number of carbonyl (C=O) groups is 2. The zero-order valence-corrected chi connectivity index (χ0v) is 16.5. The summed E-state index contributed by atoms with van der Waals surface area (Å²) in [6.07, 6.45) is 1.14. The van der Waals surface area contributed by atoms with Gasteiger partial charge < -0.3 is 10.2 Å². The van der Waals surface area contributed by atoms with Crippen LogP contribution in [0.4, 0.5) is 0 Å². The van der Waals surface area contributed by atoms with Crippen molar-refractivity contribution in [1.29, 1.82) is 0 Å². The van der Waals surface area contributed by atoms with E-state index in [4.69, 9.17) is 0 Å². The van der Waals surface area contributed by atoms with Crippen molar-refractivity contribution in [3.8, 4) is 0 Å². The molecular formula is C21H28N4O2. The summed E-state index contributed by atoms with van der Waals surface area (Å²) in [7, 11) is 0. The molecule has 0 radical (unpaired) electrons. The van der Waals surface area contributed by atoms with E-state index in [1.165, 1.54) is 12.5 Å². The average Bonchev–Trinajstić information content (AvgIpc) is 3.17. The van der Waals surface area contributed by atoms with E-state index >= 15 is 0 Å². The number of rotatable bonds is 5. The van der Waals surface area contributed by atoms with Crippen LogP contribution >= 0.6 is 0 Å². The van der Waals surface area contributed by atoms with Gasteiger partial charge in [0.15, 0.2) is 0 Å². The molecule has 1 aliphatic heterocycles. The summed E-state index contributed by atoms with van der Waals surface area (Å²) >= 11 is 0. The fourth-order valence-corrected chi connectivity index (χ4v) is 3.90. The number of nitrogens with one attached hydrogen (secondary N) is 2. The molecule has 1 fully saturated rings. The van der Waals surface area contributed by atoms with Crippen LogP contribution in [0, 0.1) is 20.8 Å². The third kappa shape index (κ3) is 4.38. The van der Waals surface area contributed by atoms with Crippen molar-refractivity contribution in [2.75, 3.05) is 13.1 Å². The zero-order valence-electron chi connectivity index (χ0n) is 16.5. The highest BCUT2D eigenvalue weighted by Crippen LogP contribution is 2.29. The van der Waals surface area contributed by atoms with Gasteiger partial charge in [0.05, 0.1) is 11.7 Å². The van der Waals surface area contributed by atoms with Gasteiger partial charge in [-0.15, -0.1) is 0 Å². The number of hydrogen-bond acceptors (Lipinski definition) is 3. The second-order valence-corrected chi connectivity index (χ2v) is 7.54. The smallest absolute Gasteiger partial charge is 0.222 e. The molecule has 2 amide bonds. The van der Waals surface area contributed by atoms with Gasteiger partial charge in [-0.25, -0.2) is 0 Å². The molecule has 6 nitrogen and oxygen atoms in total. The van der Waals surface area contributed by atoms with Crippen molar-refractivity contribution in [2.45, 2.75) is 52.5 Å². The highest BCUT2D eigenvalue weighted by molar-refractivity contribution is 5.78. The lowest BCUT2D eigenvalue weighted by Gasteiger charge is -2.19. The van der Waals surface area contributed by atoms with Crippen molar-refractivity contribution in [2.24, 2.45) is 0 Å². The summed E-state index contributed by atoms with van der Waals surface area (Å²) in [6, 6.07) is 8.30. The van der Waals surface area contributed by atoms with Gasteiger partial charge in [0.2, 0.25) is 11.8 Å². The van der Waals surface area contributed by atoms with Crippen LogP contribution in [0.25, 0.3) is 0 Å². The average molecular weight is 368 g/mol. The predicted octanol–water partition coefficient (Wildman–Crippen LogP) is 2.40. The number of aromatic nitrogens is 2. The SMILES string of the molecule is CC(=O)N[C@@H]1CN(C(=O)CCc2c(C)n[nH]c2C)C[C@H]1c1ccc(C)cc1. The quantitative estimate of drug-likeness (QED) is 0.851. The standard InChI is InChI=1S/C21H28N4O2/c1-13-5-7-17(8-6-13)19-11-25(12-20(19)22-16(4)26)21(27)10-9-18-14(2)23-24-15(18)3/h5-8,19-20H,9-12H2,1-4H3,(H,22,26)(H,23,24)/t19-,20+/m0/s1. The third-order valence-electron chi connectivity index (χ3n) is 5.44. The number of nitrogens with zero attached hydrogens (tertiary/aromatic N) is 2. The molecule has 1 aliphatic rings. The number of carbonyl (C=O) groups excluding carboxylic acids is 2. The Kier molecular flexibility index (Phi) is 5.63. The second kappa shape index (κ2) is 7.94. The minimum Gasteiger partial charge on any atom is -0.351 e. The molecular weight excluding hydrogens is 340 g/mol. The number of aryl methyl sites for hydroxylation is 3. The largest absolute Gasteiger partial charge is 0.351 e. The van der Waals surface area contributed by atoms with Crippen LogP contribution in [0.15, 0.2) is 24.3 Å². The first-order valence-corrected chi connectivity index (χ1v) is 9.47. The van der Waals surface area contributed by atoms with Crippen LogP contribution in [0.1, 0.15) is 47.3 Å². The summed E-state index contributed by atoms with van der Waals surface area (Å²) < 4.78 is 0. The lowest BCUT2D eigenvalue weighted by Crippen LogP contribution is -2.39. The predicted molar refractivity (Wildman–Crippen MR) is 104 cm³/mol. The fourth-order valence-electron chi connectivity index (χ4n) is 3.90. The normalized spacial score (nSPS) is 19.3. The van der Waals surface area contributed by atoms with Crippen molar-refractivity contribution < 1.29 is 9.59 Å². The van der Waals surface area contributed by atoms with Crippen LogP contribution < -0.4 is 5.32 Å². The van der Waals surface area contributed by atoms with Gasteiger partial charge in [-0.05, 0) is 38.3 Å². The number of benzene rings is 1. The molecule has 2 N–H and O–H groups in total. The Morgan fingerprint density at radius 3 is 2.48 bits per heavy atom. The maximum Gasteiger partial charge on any atom is 0.222 e. The number of aromatic amines is 1. The van der Waals surface area contributed by atoms with E-state index in [0.29, 0.717) is 25.9 Å². The maximum absolute atomic E-state index is 12.8. The molecule has 0 saturated carbocycles. The molecule has 2 aromatic rings. The molecule has 144 valence electrons. The minimum absolute atomic E-state index is 0.0495. The van der Waals surface area contributed by atoms with Gasteiger partial charge in [0.1, 0.15) is 0 Å². The number of amides is 2. The van der Waals surface area contributed by atoms with E-state index in [1.54, 1.807) is 0 Å². The Hall–Kier alpha value is -2.63. The van der Waals surface area contributed by atoms with Gasteiger partial charge in [-0.1, -0.05) is 29.8 Å². The molecule has 1 saturated heterocycles. The van der Waals surface area contributed by atoms with Crippen LogP contribution in [-0.2, 0) is 16.0 Å². The van der Waals surface area contributed by atoms with Crippen molar-refractivity contribution in [1.82, 2.24) is 20.4 Å². The Balaban J connectivity index is 1.69. The minimum atomic E-state index is -0.0592. The lowest BCUT2D eigenvalue weighted by molar-refractivity contribution is -0.130. The molecule has 6 heteroatoms. The number of likely N-dealkylation sites (tertiary alicyclic amines) is 1.